The van der Waals surface area contributed by atoms with E-state index in [4.69, 9.17) is 0 Å². The summed E-state index contributed by atoms with van der Waals surface area (Å²) in [7, 11) is 0. The van der Waals surface area contributed by atoms with E-state index in [0.717, 1.165) is 0 Å². The van der Waals surface area contributed by atoms with Crippen LogP contribution in [0.3, 0.4) is 0 Å². The van der Waals surface area contributed by atoms with Crippen molar-refractivity contribution in [1.29, 1.82) is 0 Å². The van der Waals surface area contributed by atoms with E-state index in [1.807, 2.05) is 0 Å². The largest absolute Gasteiger partial charge is 1.00 e. The van der Waals surface area contributed by atoms with E-state index in [-0.39, 0.29) is 1.43 Å². The molecule has 0 saturated heterocycles. The standard InChI is InChI=1S/2C5H5.C5H11.Zr.H/c2*1-2-4-5-3-1;1-5(2,3)4;;/h2*1-3H,4H2;1H2,2-4H3;;/q;;;;-1. The van der Waals surface area contributed by atoms with Gasteiger partial charge in [-0.3, -0.25) is 0 Å². The topological polar surface area (TPSA) is 0 Å². The maximum absolute atomic E-state index is 2.40. The molecular weight excluding hydrogens is 271 g/mol. The first-order valence-electron chi connectivity index (χ1n) is 6.14. The van der Waals surface area contributed by atoms with Crippen molar-refractivity contribution in [3.63, 3.8) is 0 Å². The van der Waals surface area contributed by atoms with Gasteiger partial charge < -0.3 is 1.43 Å². The Balaban J connectivity index is 0.00000144. The van der Waals surface area contributed by atoms with Gasteiger partial charge in [0.25, 0.3) is 0 Å². The molecule has 0 amide bonds. The molecule has 0 unspecified atom stereocenters. The molecule has 0 aromatic heterocycles. The molecule has 0 nitrogen and oxygen atoms in total. The van der Waals surface area contributed by atoms with Gasteiger partial charge in [-0.25, -0.2) is 0 Å². The van der Waals surface area contributed by atoms with Gasteiger partial charge in [0.15, 0.2) is 0 Å². The molecule has 0 aromatic rings. The summed E-state index contributed by atoms with van der Waals surface area (Å²) < 4.78 is 5.05. The predicted octanol–water partition coefficient (Wildman–Crippen LogP) is 4.87. The van der Waals surface area contributed by atoms with Gasteiger partial charge in [0.2, 0.25) is 0 Å². The SMILES string of the molecule is CC(C)(C)[CH2][Zr]([C]1=CC=CC1)[C]1=CC=CC1.[H-]. The van der Waals surface area contributed by atoms with Crippen LogP contribution >= 0.6 is 0 Å². The van der Waals surface area contributed by atoms with Crippen molar-refractivity contribution >= 4 is 0 Å². The van der Waals surface area contributed by atoms with Gasteiger partial charge in [-0.05, 0) is 0 Å². The second-order valence-electron chi connectivity index (χ2n) is 5.86. The van der Waals surface area contributed by atoms with Gasteiger partial charge in [-0.1, -0.05) is 0 Å². The fourth-order valence-electron chi connectivity index (χ4n) is 2.31. The van der Waals surface area contributed by atoms with Crippen molar-refractivity contribution < 1.29 is 23.2 Å². The third-order valence-corrected chi connectivity index (χ3v) is 12.1. The molecule has 0 aliphatic heterocycles. The Morgan fingerprint density at radius 1 is 1.06 bits per heavy atom. The first kappa shape index (κ1) is 12.3. The average Bonchev–Trinajstić information content (AvgIpc) is 2.86. The molecule has 1 heteroatoms. The second kappa shape index (κ2) is 5.00. The quantitative estimate of drug-likeness (QED) is 0.696. The fourth-order valence-corrected chi connectivity index (χ4v) is 10.3. The Morgan fingerprint density at radius 3 is 1.88 bits per heavy atom. The molecule has 0 saturated carbocycles. The molecule has 87 valence electrons. The smallest absolute Gasteiger partial charge is 1.00 e. The maximum atomic E-state index is 2.40. The van der Waals surface area contributed by atoms with Crippen molar-refractivity contribution in [2.45, 2.75) is 37.7 Å². The minimum atomic E-state index is -1.50. The molecule has 0 N–H and O–H groups in total. The van der Waals surface area contributed by atoms with Crippen LogP contribution in [0.1, 0.15) is 35.0 Å². The zero-order valence-corrected chi connectivity index (χ0v) is 13.0. The monoisotopic (exact) mass is 292 g/mol. The number of hydrogen-bond acceptors (Lipinski definition) is 0. The summed E-state index contributed by atoms with van der Waals surface area (Å²) in [6.07, 6.45) is 16.4. The van der Waals surface area contributed by atoms with Crippen LogP contribution in [0.2, 0.25) is 4.13 Å². The maximum Gasteiger partial charge on any atom is -1.00 e. The number of allylic oxidation sites excluding steroid dienone is 8. The summed E-state index contributed by atoms with van der Waals surface area (Å²) >= 11 is -1.50. The van der Waals surface area contributed by atoms with Crippen LogP contribution < -0.4 is 0 Å². The zero-order valence-electron chi connectivity index (χ0n) is 11.6. The molecule has 2 aliphatic rings. The van der Waals surface area contributed by atoms with Crippen LogP contribution in [0.15, 0.2) is 43.0 Å². The number of rotatable bonds is 3. The van der Waals surface area contributed by atoms with Crippen LogP contribution in [-0.2, 0) is 21.8 Å². The average molecular weight is 294 g/mol. The molecule has 16 heavy (non-hydrogen) atoms. The van der Waals surface area contributed by atoms with E-state index in [0.29, 0.717) is 5.41 Å². The molecule has 0 heterocycles. The Bertz CT molecular complexity index is 350. The van der Waals surface area contributed by atoms with E-state index in [2.05, 4.69) is 57.2 Å². The Kier molecular flexibility index (Phi) is 3.85. The molecule has 0 aromatic carbocycles. The minimum absolute atomic E-state index is 0. The van der Waals surface area contributed by atoms with Gasteiger partial charge in [-0.15, -0.1) is 0 Å². The summed E-state index contributed by atoms with van der Waals surface area (Å²) in [5.74, 6) is 0. The van der Waals surface area contributed by atoms with Crippen LogP contribution in [-0.4, -0.2) is 0 Å². The van der Waals surface area contributed by atoms with Gasteiger partial charge >= 0.3 is 108 Å². The molecule has 0 radical (unpaired) electrons. The third-order valence-electron chi connectivity index (χ3n) is 3.02. The Labute approximate surface area is 109 Å². The molecule has 2 rings (SSSR count). The van der Waals surface area contributed by atoms with E-state index < -0.39 is 21.8 Å². The molecule has 2 aliphatic carbocycles. The number of hydrogen-bond donors (Lipinski definition) is 0. The Hall–Kier alpha value is -0.157. The van der Waals surface area contributed by atoms with Crippen molar-refractivity contribution in [2.75, 3.05) is 0 Å². The van der Waals surface area contributed by atoms with Crippen LogP contribution in [0.25, 0.3) is 0 Å². The van der Waals surface area contributed by atoms with E-state index in [1.54, 1.807) is 6.56 Å². The normalized spacial score (nSPS) is 18.9. The first-order chi connectivity index (χ1) is 7.56. The first-order valence-corrected chi connectivity index (χ1v) is 10.3. The summed E-state index contributed by atoms with van der Waals surface area (Å²) in [5.41, 5.74) is 0.488. The van der Waals surface area contributed by atoms with Crippen molar-refractivity contribution in [3.8, 4) is 0 Å². The minimum Gasteiger partial charge on any atom is -1.00 e. The summed E-state index contributed by atoms with van der Waals surface area (Å²) in [6, 6.07) is 0. The van der Waals surface area contributed by atoms with Gasteiger partial charge in [-0.2, -0.15) is 0 Å². The Morgan fingerprint density at radius 2 is 1.56 bits per heavy atom. The van der Waals surface area contributed by atoms with E-state index in [9.17, 15) is 0 Å². The van der Waals surface area contributed by atoms with Crippen LogP contribution in [0.5, 0.6) is 0 Å². The summed E-state index contributed by atoms with van der Waals surface area (Å²) in [5, 5.41) is 0. The van der Waals surface area contributed by atoms with Crippen molar-refractivity contribution in [2.24, 2.45) is 5.41 Å². The van der Waals surface area contributed by atoms with Gasteiger partial charge in [0.05, 0.1) is 0 Å². The fraction of sp³-hybridized carbons (Fsp3) is 0.467. The molecular formula is C15H22Zr-. The van der Waals surface area contributed by atoms with Gasteiger partial charge in [0.1, 0.15) is 0 Å². The van der Waals surface area contributed by atoms with E-state index >= 15 is 0 Å². The third kappa shape index (κ3) is 3.17. The van der Waals surface area contributed by atoms with Crippen LogP contribution in [0, 0.1) is 5.41 Å². The van der Waals surface area contributed by atoms with Crippen molar-refractivity contribution in [1.82, 2.24) is 0 Å². The second-order valence-corrected chi connectivity index (χ2v) is 12.2. The van der Waals surface area contributed by atoms with Gasteiger partial charge in [0, 0.05) is 0 Å². The van der Waals surface area contributed by atoms with Crippen molar-refractivity contribution in [3.05, 3.63) is 43.0 Å². The summed E-state index contributed by atoms with van der Waals surface area (Å²) in [4.78, 5) is 0. The molecule has 0 bridgehead atoms. The van der Waals surface area contributed by atoms with Crippen LogP contribution in [0.4, 0.5) is 0 Å². The molecule has 0 atom stereocenters. The predicted molar refractivity (Wildman–Crippen MR) is 69.1 cm³/mol. The summed E-state index contributed by atoms with van der Waals surface area (Å²) in [6.45, 7) is 7.16. The molecule has 0 spiro atoms. The van der Waals surface area contributed by atoms with E-state index in [1.165, 1.54) is 17.0 Å². The zero-order chi connectivity index (χ0) is 11.6. The molecule has 0 fully saturated rings.